The van der Waals surface area contributed by atoms with Crippen molar-refractivity contribution in [1.29, 1.82) is 0 Å². The number of methoxy groups -OCH3 is 1. The summed E-state index contributed by atoms with van der Waals surface area (Å²) in [5, 5.41) is 56.7. The normalized spacial score (nSPS) is 39.9. The fraction of sp³-hybridized carbons (Fsp3) is 0.826. The zero-order valence-electron chi connectivity index (χ0n) is 24.5. The van der Waals surface area contributed by atoms with Gasteiger partial charge in [0.05, 0.1) is 25.5 Å². The molecule has 7 N–H and O–H groups in total. The Morgan fingerprint density at radius 1 is 0.851 bits per heavy atom. The topological polar surface area (TPSA) is 322 Å². The zero-order valence-corrected chi connectivity index (χ0v) is 26.1. The van der Waals surface area contributed by atoms with Gasteiger partial charge in [-0.2, -0.15) is 16.8 Å². The van der Waals surface area contributed by atoms with Crippen LogP contribution in [0.25, 0.3) is 0 Å². The van der Waals surface area contributed by atoms with Crippen molar-refractivity contribution >= 4 is 33.0 Å². The highest BCUT2D eigenvalue weighted by Gasteiger charge is 2.55. The molecule has 14 atom stereocenters. The van der Waals surface area contributed by atoms with Crippen molar-refractivity contribution in [3.8, 4) is 12.3 Å². The summed E-state index contributed by atoms with van der Waals surface area (Å²) in [6.45, 7) is -0.714. The molecular formula is C23H35NO21S2. The number of ether oxygens (including phenoxy) is 6. The number of hydrogen-bond acceptors (Lipinski definition) is 19. The van der Waals surface area contributed by atoms with Crippen LogP contribution >= 0.6 is 0 Å². The highest BCUT2D eigenvalue weighted by molar-refractivity contribution is 7.81. The van der Waals surface area contributed by atoms with E-state index in [4.69, 9.17) is 48.8 Å². The van der Waals surface area contributed by atoms with E-state index < -0.39 is 126 Å². The van der Waals surface area contributed by atoms with E-state index in [-0.39, 0.29) is 6.61 Å². The van der Waals surface area contributed by atoms with Crippen LogP contribution in [0, 0.1) is 18.3 Å². The van der Waals surface area contributed by atoms with E-state index in [2.05, 4.69) is 19.4 Å². The number of carboxylic acid groups (broad SMARTS) is 1. The molecule has 0 aliphatic carbocycles. The third kappa shape index (κ3) is 10.4. The number of nitrogens with zero attached hydrogens (tertiary/aromatic N) is 1. The molecule has 0 radical (unpaired) electrons. The molecular weight excluding hydrogens is 690 g/mol. The molecule has 5 unspecified atom stereocenters. The van der Waals surface area contributed by atoms with E-state index in [0.717, 1.165) is 13.3 Å². The van der Waals surface area contributed by atoms with E-state index in [1.54, 1.807) is 0 Å². The molecule has 47 heavy (non-hydrogen) atoms. The molecule has 3 aliphatic heterocycles. The van der Waals surface area contributed by atoms with Crippen molar-refractivity contribution in [2.24, 2.45) is 11.1 Å². The Labute approximate surface area is 267 Å². The van der Waals surface area contributed by atoms with Crippen LogP contribution in [0.15, 0.2) is 5.16 Å². The van der Waals surface area contributed by atoms with E-state index in [9.17, 15) is 47.2 Å². The summed E-state index contributed by atoms with van der Waals surface area (Å²) in [5.74, 6) is -0.675. The smallest absolute Gasteiger partial charge is 0.397 e. The number of carboxylic acids is 1. The molecule has 3 fully saturated rings. The van der Waals surface area contributed by atoms with Crippen molar-refractivity contribution < 1.29 is 97.9 Å². The number of rotatable bonds is 15. The number of hydrogen-bond donors (Lipinski definition) is 7. The minimum absolute atomic E-state index is 0.260. The van der Waals surface area contributed by atoms with Gasteiger partial charge in [-0.3, -0.25) is 9.11 Å². The summed E-state index contributed by atoms with van der Waals surface area (Å²) in [6, 6.07) is 0. The zero-order chi connectivity index (χ0) is 35.3. The minimum atomic E-state index is -5.02. The minimum Gasteiger partial charge on any atom is -0.479 e. The van der Waals surface area contributed by atoms with Crippen LogP contribution in [0.5, 0.6) is 0 Å². The molecule has 24 heteroatoms. The standard InChI is InChI=1S/C23H35NO21S2/c1-4-5-38-24-6-10-14(26)18(12(41-10)8-40-47(34,35)36)43-23-16(28)15(27)19(20(45-23)21(29)30)44-22-9(2)13(25)17(37-3)11(42-22)7-39-46(31,32)33/h1,6,9-20,22-23,25-28H,5,7-8H2,2-3H3,(H,29,30)(H,31,32,33)(H,34,35,36)/b24-6-/t9?,10-,11?,12+,13+,14?,15+,16?,17+,18-,19-,20?,22-,23+/m0/s1. The Morgan fingerprint density at radius 2 is 1.43 bits per heavy atom. The lowest BCUT2D eigenvalue weighted by Crippen LogP contribution is -2.65. The number of aliphatic hydroxyl groups excluding tert-OH is 4. The maximum Gasteiger partial charge on any atom is 0.397 e. The van der Waals surface area contributed by atoms with Gasteiger partial charge in [-0.1, -0.05) is 18.0 Å². The number of aliphatic carboxylic acids is 1. The molecule has 0 aromatic carbocycles. The lowest BCUT2D eigenvalue weighted by atomic mass is 9.91. The molecule has 0 saturated carbocycles. The summed E-state index contributed by atoms with van der Waals surface area (Å²) in [5.41, 5.74) is 0. The van der Waals surface area contributed by atoms with Gasteiger partial charge in [-0.25, -0.2) is 13.2 Å². The fourth-order valence-corrected chi connectivity index (χ4v) is 5.53. The van der Waals surface area contributed by atoms with Crippen LogP contribution in [-0.4, -0.2) is 170 Å². The summed E-state index contributed by atoms with van der Waals surface area (Å²) >= 11 is 0. The first-order chi connectivity index (χ1) is 21.9. The maximum atomic E-state index is 12.2. The quantitative estimate of drug-likeness (QED) is 0.0275. The Bertz CT molecular complexity index is 1340. The third-order valence-electron chi connectivity index (χ3n) is 7.19. The van der Waals surface area contributed by atoms with Crippen LogP contribution in [0.3, 0.4) is 0 Å². The van der Waals surface area contributed by atoms with Crippen molar-refractivity contribution in [2.75, 3.05) is 26.9 Å². The van der Waals surface area contributed by atoms with E-state index in [0.29, 0.717) is 0 Å². The number of terminal acetylenes is 1. The van der Waals surface area contributed by atoms with Crippen LogP contribution in [0.4, 0.5) is 0 Å². The van der Waals surface area contributed by atoms with E-state index in [1.807, 2.05) is 0 Å². The maximum absolute atomic E-state index is 12.2. The van der Waals surface area contributed by atoms with Gasteiger partial charge in [0.15, 0.2) is 25.3 Å². The van der Waals surface area contributed by atoms with Gasteiger partial charge in [0.25, 0.3) is 0 Å². The molecule has 0 amide bonds. The average Bonchev–Trinajstić information content (AvgIpc) is 3.27. The predicted molar refractivity (Wildman–Crippen MR) is 146 cm³/mol. The lowest BCUT2D eigenvalue weighted by Gasteiger charge is -2.46. The van der Waals surface area contributed by atoms with Crippen LogP contribution in [-0.2, 0) is 67.2 Å². The van der Waals surface area contributed by atoms with Gasteiger partial charge in [-0.05, 0) is 0 Å². The SMILES string of the molecule is C#CCO/N=C\[C@@H]1O[C@H](COS(=O)(=O)O)[C@H](O[C@@H]2OC(C(=O)O)[C@@H](O[C@@H]3OC(COS(=O)(=O)O)[C@@H](OC)[C@H](O)C3C)[C@H](O)C2O)C1O. The average molecular weight is 726 g/mol. The largest absolute Gasteiger partial charge is 0.479 e. The monoisotopic (exact) mass is 725 g/mol. The molecule has 0 spiro atoms. The Kier molecular flexibility index (Phi) is 13.8. The second-order valence-electron chi connectivity index (χ2n) is 10.3. The first-order valence-corrected chi connectivity index (χ1v) is 16.2. The van der Waals surface area contributed by atoms with Crippen LogP contribution < -0.4 is 0 Å². The van der Waals surface area contributed by atoms with E-state index in [1.165, 1.54) is 6.92 Å². The van der Waals surface area contributed by atoms with Gasteiger partial charge < -0.3 is 58.8 Å². The highest BCUT2D eigenvalue weighted by Crippen LogP contribution is 2.35. The Balaban J connectivity index is 1.80. The first-order valence-electron chi connectivity index (χ1n) is 13.5. The molecule has 3 rings (SSSR count). The molecule has 0 aromatic rings. The van der Waals surface area contributed by atoms with E-state index >= 15 is 0 Å². The Hall–Kier alpha value is -2.16. The molecule has 0 bridgehead atoms. The molecule has 0 aromatic heterocycles. The summed E-state index contributed by atoms with van der Waals surface area (Å²) in [4.78, 5) is 16.9. The molecule has 270 valence electrons. The summed E-state index contributed by atoms with van der Waals surface area (Å²) in [7, 11) is -8.81. The van der Waals surface area contributed by atoms with Crippen molar-refractivity contribution in [1.82, 2.24) is 0 Å². The molecule has 3 aliphatic rings. The first kappa shape index (κ1) is 39.3. The van der Waals surface area contributed by atoms with Gasteiger partial charge in [0.2, 0.25) is 0 Å². The second-order valence-corrected chi connectivity index (χ2v) is 12.5. The second kappa shape index (κ2) is 16.5. The lowest BCUT2D eigenvalue weighted by molar-refractivity contribution is -0.353. The number of aliphatic hydroxyl groups is 4. The summed E-state index contributed by atoms with van der Waals surface area (Å²) in [6.07, 6.45) is -16.5. The van der Waals surface area contributed by atoms with Crippen LogP contribution in [0.1, 0.15) is 6.92 Å². The number of carbonyl (C=O) groups is 1. The number of oxime groups is 1. The van der Waals surface area contributed by atoms with Gasteiger partial charge >= 0.3 is 26.8 Å². The van der Waals surface area contributed by atoms with Crippen molar-refractivity contribution in [2.45, 2.75) is 86.6 Å². The van der Waals surface area contributed by atoms with Gasteiger partial charge in [0, 0.05) is 13.0 Å². The molecule has 3 saturated heterocycles. The Morgan fingerprint density at radius 3 is 1.96 bits per heavy atom. The fourth-order valence-electron chi connectivity index (χ4n) is 4.92. The van der Waals surface area contributed by atoms with Crippen LogP contribution in [0.2, 0.25) is 0 Å². The van der Waals surface area contributed by atoms with Crippen molar-refractivity contribution in [3.05, 3.63) is 0 Å². The predicted octanol–water partition coefficient (Wildman–Crippen LogP) is -4.57. The third-order valence-corrected chi connectivity index (χ3v) is 8.05. The molecule has 22 nitrogen and oxygen atoms in total. The summed E-state index contributed by atoms with van der Waals surface area (Å²) < 4.78 is 104. The van der Waals surface area contributed by atoms with Gasteiger partial charge in [0.1, 0.15) is 54.9 Å². The van der Waals surface area contributed by atoms with Crippen molar-refractivity contribution in [3.63, 3.8) is 0 Å². The molecule has 3 heterocycles. The highest BCUT2D eigenvalue weighted by atomic mass is 32.3. The van der Waals surface area contributed by atoms with Gasteiger partial charge in [-0.15, -0.1) is 6.42 Å².